The Bertz CT molecular complexity index is 432. The molecule has 4 nitrogen and oxygen atoms in total. The number of hydrogen-bond acceptors (Lipinski definition) is 4. The molecule has 0 bridgehead atoms. The van der Waals surface area contributed by atoms with Gasteiger partial charge in [-0.15, -0.1) is 5.10 Å². The predicted octanol–water partition coefficient (Wildman–Crippen LogP) is 1.61. The Morgan fingerprint density at radius 1 is 1.20 bits per heavy atom. The molecule has 0 spiro atoms. The van der Waals surface area contributed by atoms with Crippen LogP contribution in [0.2, 0.25) is 5.15 Å². The van der Waals surface area contributed by atoms with Gasteiger partial charge >= 0.3 is 0 Å². The monoisotopic (exact) mass is 221 g/mol. The van der Waals surface area contributed by atoms with Gasteiger partial charge in [0.25, 0.3) is 0 Å². The Morgan fingerprint density at radius 3 is 2.67 bits per heavy atom. The Labute approximate surface area is 91.6 Å². The normalized spacial score (nSPS) is 12.4. The quantitative estimate of drug-likeness (QED) is 0.837. The lowest BCUT2D eigenvalue weighted by Crippen LogP contribution is -2.03. The third-order valence-corrected chi connectivity index (χ3v) is 2.13. The van der Waals surface area contributed by atoms with Crippen molar-refractivity contribution in [3.05, 3.63) is 53.1 Å². The van der Waals surface area contributed by atoms with Crippen LogP contribution in [0.15, 0.2) is 36.7 Å². The van der Waals surface area contributed by atoms with Gasteiger partial charge in [0.05, 0.1) is 5.69 Å². The second-order valence-electron chi connectivity index (χ2n) is 2.97. The summed E-state index contributed by atoms with van der Waals surface area (Å²) >= 11 is 5.59. The third-order valence-electron chi connectivity index (χ3n) is 1.93. The number of nitrogens with zero attached hydrogens (tertiary/aromatic N) is 3. The fourth-order valence-corrected chi connectivity index (χ4v) is 1.28. The minimum atomic E-state index is -0.816. The Hall–Kier alpha value is -1.52. The number of aromatic nitrogens is 3. The minimum Gasteiger partial charge on any atom is -0.382 e. The highest BCUT2D eigenvalue weighted by molar-refractivity contribution is 6.29. The van der Waals surface area contributed by atoms with Gasteiger partial charge in [-0.3, -0.25) is 4.98 Å². The molecular formula is C10H8ClN3O. The van der Waals surface area contributed by atoms with E-state index in [0.29, 0.717) is 16.4 Å². The van der Waals surface area contributed by atoms with Gasteiger partial charge in [-0.05, 0) is 18.2 Å². The summed E-state index contributed by atoms with van der Waals surface area (Å²) in [5, 5.41) is 17.7. The number of hydrogen-bond donors (Lipinski definition) is 1. The molecule has 0 aliphatic carbocycles. The van der Waals surface area contributed by atoms with E-state index in [4.69, 9.17) is 11.6 Å². The van der Waals surface area contributed by atoms with E-state index in [0.717, 1.165) is 0 Å². The van der Waals surface area contributed by atoms with Crippen molar-refractivity contribution in [1.29, 1.82) is 0 Å². The fourth-order valence-electron chi connectivity index (χ4n) is 1.18. The smallest absolute Gasteiger partial charge is 0.151 e. The van der Waals surface area contributed by atoms with Gasteiger partial charge in [-0.25, -0.2) is 0 Å². The summed E-state index contributed by atoms with van der Waals surface area (Å²) in [6.45, 7) is 0. The van der Waals surface area contributed by atoms with Crippen LogP contribution in [-0.4, -0.2) is 20.3 Å². The first-order chi connectivity index (χ1) is 7.27. The van der Waals surface area contributed by atoms with Gasteiger partial charge in [0, 0.05) is 18.0 Å². The van der Waals surface area contributed by atoms with Crippen molar-refractivity contribution in [3.63, 3.8) is 0 Å². The summed E-state index contributed by atoms with van der Waals surface area (Å²) in [5.41, 5.74) is 1.13. The van der Waals surface area contributed by atoms with E-state index < -0.39 is 6.10 Å². The second-order valence-corrected chi connectivity index (χ2v) is 3.36. The van der Waals surface area contributed by atoms with E-state index >= 15 is 0 Å². The maximum absolute atomic E-state index is 9.90. The molecule has 0 aromatic carbocycles. The highest BCUT2D eigenvalue weighted by atomic mass is 35.5. The zero-order valence-electron chi connectivity index (χ0n) is 7.71. The molecule has 1 unspecified atom stereocenters. The van der Waals surface area contributed by atoms with Crippen LogP contribution in [0.25, 0.3) is 0 Å². The molecule has 2 heterocycles. The van der Waals surface area contributed by atoms with Crippen molar-refractivity contribution in [3.8, 4) is 0 Å². The average molecular weight is 222 g/mol. The van der Waals surface area contributed by atoms with Crippen LogP contribution >= 0.6 is 11.6 Å². The van der Waals surface area contributed by atoms with Gasteiger partial charge < -0.3 is 5.11 Å². The molecule has 15 heavy (non-hydrogen) atoms. The van der Waals surface area contributed by atoms with Crippen molar-refractivity contribution in [1.82, 2.24) is 15.2 Å². The summed E-state index contributed by atoms with van der Waals surface area (Å²) in [6, 6.07) is 6.74. The molecule has 2 rings (SSSR count). The zero-order valence-corrected chi connectivity index (χ0v) is 8.46. The van der Waals surface area contributed by atoms with Crippen LogP contribution < -0.4 is 0 Å². The molecule has 0 amide bonds. The predicted molar refractivity (Wildman–Crippen MR) is 55.3 cm³/mol. The maximum atomic E-state index is 9.90. The largest absolute Gasteiger partial charge is 0.382 e. The Kier molecular flexibility index (Phi) is 2.89. The molecule has 0 fully saturated rings. The van der Waals surface area contributed by atoms with Crippen LogP contribution in [-0.2, 0) is 0 Å². The van der Waals surface area contributed by atoms with Crippen LogP contribution in [0.4, 0.5) is 0 Å². The molecule has 0 aliphatic rings. The van der Waals surface area contributed by atoms with Gasteiger partial charge in [0.15, 0.2) is 5.15 Å². The van der Waals surface area contributed by atoms with Gasteiger partial charge in [0.2, 0.25) is 0 Å². The van der Waals surface area contributed by atoms with E-state index in [-0.39, 0.29) is 0 Å². The minimum absolute atomic E-state index is 0.303. The number of aliphatic hydroxyl groups is 1. The first kappa shape index (κ1) is 10.0. The van der Waals surface area contributed by atoms with E-state index in [2.05, 4.69) is 15.2 Å². The van der Waals surface area contributed by atoms with E-state index in [9.17, 15) is 5.11 Å². The van der Waals surface area contributed by atoms with Crippen molar-refractivity contribution in [2.45, 2.75) is 6.10 Å². The summed E-state index contributed by atoms with van der Waals surface area (Å²) in [6.07, 6.45) is 2.41. The standard InChI is InChI=1S/C10H8ClN3O/c11-9-4-3-8(13-14-9)10(15)7-2-1-5-12-6-7/h1-6,10,15H. The average Bonchev–Trinajstić information content (AvgIpc) is 2.30. The highest BCUT2D eigenvalue weighted by Crippen LogP contribution is 2.18. The zero-order chi connectivity index (χ0) is 10.7. The Morgan fingerprint density at radius 2 is 2.07 bits per heavy atom. The molecule has 0 radical (unpaired) electrons. The van der Waals surface area contributed by atoms with Gasteiger partial charge in [0.1, 0.15) is 6.10 Å². The SMILES string of the molecule is OC(c1cccnc1)c1ccc(Cl)nn1. The summed E-state index contributed by atoms with van der Waals surface area (Å²) in [5.74, 6) is 0. The van der Waals surface area contributed by atoms with E-state index in [1.807, 2.05) is 0 Å². The first-order valence-electron chi connectivity index (χ1n) is 4.34. The van der Waals surface area contributed by atoms with Crippen LogP contribution in [0, 0.1) is 0 Å². The molecule has 2 aromatic rings. The molecule has 0 saturated carbocycles. The molecular weight excluding hydrogens is 214 g/mol. The molecule has 5 heteroatoms. The second kappa shape index (κ2) is 4.33. The molecule has 0 saturated heterocycles. The van der Waals surface area contributed by atoms with Crippen LogP contribution in [0.1, 0.15) is 17.4 Å². The molecule has 1 N–H and O–H groups in total. The fraction of sp³-hybridized carbons (Fsp3) is 0.100. The summed E-state index contributed by atoms with van der Waals surface area (Å²) < 4.78 is 0. The lowest BCUT2D eigenvalue weighted by atomic mass is 10.1. The van der Waals surface area contributed by atoms with Gasteiger partial charge in [-0.1, -0.05) is 17.7 Å². The number of aliphatic hydroxyl groups excluding tert-OH is 1. The van der Waals surface area contributed by atoms with Crippen molar-refractivity contribution < 1.29 is 5.11 Å². The molecule has 2 aromatic heterocycles. The lowest BCUT2D eigenvalue weighted by Gasteiger charge is -2.08. The summed E-state index contributed by atoms with van der Waals surface area (Å²) in [7, 11) is 0. The number of rotatable bonds is 2. The highest BCUT2D eigenvalue weighted by Gasteiger charge is 2.11. The summed E-state index contributed by atoms with van der Waals surface area (Å²) in [4.78, 5) is 3.91. The van der Waals surface area contributed by atoms with E-state index in [1.54, 1.807) is 36.7 Å². The maximum Gasteiger partial charge on any atom is 0.151 e. The first-order valence-corrected chi connectivity index (χ1v) is 4.72. The van der Waals surface area contributed by atoms with Crippen molar-refractivity contribution in [2.75, 3.05) is 0 Å². The number of halogens is 1. The molecule has 0 aliphatic heterocycles. The van der Waals surface area contributed by atoms with Crippen molar-refractivity contribution in [2.24, 2.45) is 0 Å². The van der Waals surface area contributed by atoms with Gasteiger partial charge in [-0.2, -0.15) is 5.10 Å². The Balaban J connectivity index is 2.29. The van der Waals surface area contributed by atoms with Crippen LogP contribution in [0.5, 0.6) is 0 Å². The van der Waals surface area contributed by atoms with E-state index in [1.165, 1.54) is 0 Å². The molecule has 1 atom stereocenters. The molecule has 76 valence electrons. The lowest BCUT2D eigenvalue weighted by molar-refractivity contribution is 0.213. The van der Waals surface area contributed by atoms with Crippen LogP contribution in [0.3, 0.4) is 0 Å². The number of pyridine rings is 1. The third kappa shape index (κ3) is 2.29. The van der Waals surface area contributed by atoms with Crippen molar-refractivity contribution >= 4 is 11.6 Å². The topological polar surface area (TPSA) is 58.9 Å².